The van der Waals surface area contributed by atoms with E-state index in [0.29, 0.717) is 36.9 Å². The quantitative estimate of drug-likeness (QED) is 0.472. The van der Waals surface area contributed by atoms with Crippen LogP contribution in [-0.2, 0) is 14.4 Å². The predicted molar refractivity (Wildman–Crippen MR) is 172 cm³/mol. The molecule has 2 fully saturated rings. The first kappa shape index (κ1) is 29.4. The highest BCUT2D eigenvalue weighted by Crippen LogP contribution is 2.36. The van der Waals surface area contributed by atoms with E-state index >= 15 is 0 Å². The van der Waals surface area contributed by atoms with Gasteiger partial charge in [0.1, 0.15) is 11.9 Å². The molecule has 1 N–H and O–H groups in total. The zero-order chi connectivity index (χ0) is 29.8. The minimum Gasteiger partial charge on any atom is -0.368 e. The Morgan fingerprint density at radius 1 is 0.977 bits per heavy atom. The van der Waals surface area contributed by atoms with E-state index in [9.17, 15) is 14.4 Å². The summed E-state index contributed by atoms with van der Waals surface area (Å²) in [6.07, 6.45) is 6.78. The second-order valence-corrected chi connectivity index (χ2v) is 12.8. The van der Waals surface area contributed by atoms with Gasteiger partial charge in [-0.2, -0.15) is 0 Å². The maximum atomic E-state index is 13.8. The van der Waals surface area contributed by atoms with Gasteiger partial charge in [-0.25, -0.2) is 9.89 Å². The molecule has 0 unspecified atom stereocenters. The molecular formula is C33H40N6O3S. The topological polar surface area (TPSA) is 97.7 Å². The van der Waals surface area contributed by atoms with Crippen molar-refractivity contribution < 1.29 is 14.4 Å². The van der Waals surface area contributed by atoms with E-state index in [0.717, 1.165) is 50.0 Å². The number of hydrogen-bond acceptors (Lipinski definition) is 7. The molecule has 0 bridgehead atoms. The average Bonchev–Trinajstić information content (AvgIpc) is 3.39. The molecule has 3 aliphatic heterocycles. The number of amides is 3. The Labute approximate surface area is 257 Å². The highest BCUT2D eigenvalue weighted by Gasteiger charge is 2.42. The van der Waals surface area contributed by atoms with Gasteiger partial charge >= 0.3 is 0 Å². The second kappa shape index (κ2) is 13.3. The number of benzene rings is 2. The fourth-order valence-electron chi connectivity index (χ4n) is 6.33. The van der Waals surface area contributed by atoms with Crippen LogP contribution in [0.1, 0.15) is 63.9 Å². The number of fused-ring (bicyclic) bond motifs is 3. The van der Waals surface area contributed by atoms with Gasteiger partial charge in [0, 0.05) is 49.9 Å². The van der Waals surface area contributed by atoms with Gasteiger partial charge in [-0.05, 0) is 49.9 Å². The number of hydrogen-bond donors (Lipinski definition) is 1. The molecule has 9 nitrogen and oxygen atoms in total. The van der Waals surface area contributed by atoms with E-state index in [1.165, 1.54) is 23.9 Å². The zero-order valence-corrected chi connectivity index (χ0v) is 25.6. The molecule has 4 aliphatic rings. The van der Waals surface area contributed by atoms with Crippen LogP contribution >= 0.6 is 11.8 Å². The third kappa shape index (κ3) is 6.49. The van der Waals surface area contributed by atoms with Crippen molar-refractivity contribution in [2.24, 2.45) is 9.98 Å². The lowest BCUT2D eigenvalue weighted by molar-refractivity contribution is -0.132. The van der Waals surface area contributed by atoms with E-state index in [2.05, 4.69) is 22.3 Å². The van der Waals surface area contributed by atoms with Crippen LogP contribution in [0.15, 0.2) is 64.6 Å². The molecule has 0 aromatic heterocycles. The minimum atomic E-state index is -0.655. The summed E-state index contributed by atoms with van der Waals surface area (Å²) in [5, 5.41) is 3.36. The molecule has 0 spiro atoms. The smallest absolute Gasteiger partial charge is 0.259 e. The Hall–Kier alpha value is -3.66. The fourth-order valence-corrected chi connectivity index (χ4v) is 7.36. The number of amidine groups is 2. The van der Waals surface area contributed by atoms with Crippen molar-refractivity contribution >= 4 is 51.9 Å². The van der Waals surface area contributed by atoms with Gasteiger partial charge < -0.3 is 15.1 Å². The third-order valence-corrected chi connectivity index (χ3v) is 10.1. The predicted octanol–water partition coefficient (Wildman–Crippen LogP) is 4.73. The zero-order valence-electron chi connectivity index (χ0n) is 24.8. The molecule has 2 aromatic carbocycles. The van der Waals surface area contributed by atoms with Crippen molar-refractivity contribution in [1.82, 2.24) is 15.1 Å². The average molecular weight is 601 g/mol. The van der Waals surface area contributed by atoms with Crippen molar-refractivity contribution in [3.05, 3.63) is 60.2 Å². The van der Waals surface area contributed by atoms with Crippen LogP contribution in [0.2, 0.25) is 0 Å². The summed E-state index contributed by atoms with van der Waals surface area (Å²) in [6.45, 7) is 4.89. The lowest BCUT2D eigenvalue weighted by Gasteiger charge is -2.36. The van der Waals surface area contributed by atoms with Gasteiger partial charge in [0.2, 0.25) is 11.8 Å². The first-order valence-corrected chi connectivity index (χ1v) is 16.5. The van der Waals surface area contributed by atoms with Gasteiger partial charge in [-0.15, -0.1) is 0 Å². The van der Waals surface area contributed by atoms with Crippen LogP contribution < -0.4 is 10.2 Å². The van der Waals surface area contributed by atoms with Crippen molar-refractivity contribution in [2.75, 3.05) is 31.1 Å². The highest BCUT2D eigenvalue weighted by molar-refractivity contribution is 8.15. The molecule has 0 radical (unpaired) electrons. The van der Waals surface area contributed by atoms with Crippen LogP contribution in [0.25, 0.3) is 0 Å². The van der Waals surface area contributed by atoms with Gasteiger partial charge in [-0.3, -0.25) is 19.4 Å². The molecule has 1 saturated carbocycles. The second-order valence-electron chi connectivity index (χ2n) is 11.7. The molecule has 1 saturated heterocycles. The highest BCUT2D eigenvalue weighted by atomic mass is 32.2. The molecule has 1 aliphatic carbocycles. The Kier molecular flexibility index (Phi) is 9.11. The van der Waals surface area contributed by atoms with Crippen molar-refractivity contribution in [1.29, 1.82) is 0 Å². The fraction of sp³-hybridized carbons (Fsp3) is 0.485. The molecule has 6 rings (SSSR count). The number of carbonyl (C=O) groups is 3. The van der Waals surface area contributed by atoms with E-state index in [4.69, 9.17) is 9.98 Å². The number of aliphatic imine (C=N–C) groups is 2. The van der Waals surface area contributed by atoms with Gasteiger partial charge in [0.15, 0.2) is 5.17 Å². The summed E-state index contributed by atoms with van der Waals surface area (Å²) >= 11 is 1.34. The first-order valence-electron chi connectivity index (χ1n) is 15.7. The minimum absolute atomic E-state index is 0.000557. The number of para-hydroxylation sites is 2. The lowest BCUT2D eigenvalue weighted by Crippen LogP contribution is -2.49. The largest absolute Gasteiger partial charge is 0.368 e. The van der Waals surface area contributed by atoms with E-state index in [-0.39, 0.29) is 35.4 Å². The molecule has 43 heavy (non-hydrogen) atoms. The summed E-state index contributed by atoms with van der Waals surface area (Å²) < 4.78 is 0. The standard InChI is InChI=1S/C33H40N6O3S/c1-2-28(31(41)34-23-11-5-3-6-12-23)43-33-36-26-16-10-9-15-25(26)30-35-27(32(42)39(30)33)17-18-29(40)38-21-19-37(20-22-38)24-13-7-4-8-14-24/h4,7-10,13-16,23,27-28H,2-3,5-6,11-12,17-22H2,1H3,(H,34,41)/t27-,28-/m0/s1. The molecule has 2 atom stereocenters. The molecule has 2 aromatic rings. The Morgan fingerprint density at radius 3 is 2.44 bits per heavy atom. The van der Waals surface area contributed by atoms with Gasteiger partial charge in [0.05, 0.1) is 10.9 Å². The van der Waals surface area contributed by atoms with Crippen LogP contribution in [0.4, 0.5) is 11.4 Å². The summed E-state index contributed by atoms with van der Waals surface area (Å²) in [7, 11) is 0. The maximum Gasteiger partial charge on any atom is 0.259 e. The molecule has 10 heteroatoms. The number of piperazine rings is 1. The molecule has 3 amide bonds. The van der Waals surface area contributed by atoms with Crippen LogP contribution in [-0.4, -0.2) is 82.0 Å². The summed E-state index contributed by atoms with van der Waals surface area (Å²) in [5.41, 5.74) is 2.71. The SMILES string of the molecule is CC[C@H](SC1=Nc2ccccc2C2=N[C@@H](CCC(=O)N3CCN(c4ccccc4)CC3)C(=O)N12)C(=O)NC1CCCCC1. The van der Waals surface area contributed by atoms with Crippen LogP contribution in [0.5, 0.6) is 0 Å². The number of rotatable bonds is 8. The number of thioether (sulfide) groups is 1. The summed E-state index contributed by atoms with van der Waals surface area (Å²) in [4.78, 5) is 55.7. The van der Waals surface area contributed by atoms with E-state index in [1.54, 1.807) is 4.90 Å². The summed E-state index contributed by atoms with van der Waals surface area (Å²) in [5.74, 6) is 0.440. The third-order valence-electron chi connectivity index (χ3n) is 8.80. The Bertz CT molecular complexity index is 1400. The normalized spacial score (nSPS) is 21.1. The first-order chi connectivity index (χ1) is 21.0. The van der Waals surface area contributed by atoms with Crippen molar-refractivity contribution in [3.8, 4) is 0 Å². The Balaban J connectivity index is 1.11. The molecule has 226 valence electrons. The van der Waals surface area contributed by atoms with Crippen molar-refractivity contribution in [3.63, 3.8) is 0 Å². The van der Waals surface area contributed by atoms with E-state index in [1.807, 2.05) is 54.3 Å². The van der Waals surface area contributed by atoms with E-state index < -0.39 is 6.04 Å². The maximum absolute atomic E-state index is 13.8. The monoisotopic (exact) mass is 600 g/mol. The van der Waals surface area contributed by atoms with Crippen molar-refractivity contribution in [2.45, 2.75) is 75.6 Å². The Morgan fingerprint density at radius 2 is 1.70 bits per heavy atom. The molecular weight excluding hydrogens is 560 g/mol. The molecule has 3 heterocycles. The number of nitrogens with zero attached hydrogens (tertiary/aromatic N) is 5. The van der Waals surface area contributed by atoms with Gasteiger partial charge in [0.25, 0.3) is 5.91 Å². The lowest BCUT2D eigenvalue weighted by atomic mass is 9.95. The number of carbonyl (C=O) groups excluding carboxylic acids is 3. The van der Waals surface area contributed by atoms with Crippen LogP contribution in [0.3, 0.4) is 0 Å². The van der Waals surface area contributed by atoms with Gasteiger partial charge in [-0.1, -0.05) is 68.3 Å². The summed E-state index contributed by atoms with van der Waals surface area (Å²) in [6, 6.07) is 17.5. The van der Waals surface area contributed by atoms with Crippen LogP contribution in [0, 0.1) is 0 Å². The number of anilines is 1. The number of nitrogens with one attached hydrogen (secondary N) is 1.